The Morgan fingerprint density at radius 2 is 2.00 bits per heavy atom. The number of amides is 1. The highest BCUT2D eigenvalue weighted by atomic mass is 35.5. The van der Waals surface area contributed by atoms with Crippen LogP contribution in [0.4, 0.5) is 10.5 Å². The molecule has 27 heavy (non-hydrogen) atoms. The van der Waals surface area contributed by atoms with Gasteiger partial charge in [0.2, 0.25) is 0 Å². The van der Waals surface area contributed by atoms with E-state index in [0.29, 0.717) is 40.1 Å². The molecule has 1 saturated carbocycles. The summed E-state index contributed by atoms with van der Waals surface area (Å²) in [6.45, 7) is 5.98. The van der Waals surface area contributed by atoms with Gasteiger partial charge in [-0.2, -0.15) is 0 Å². The minimum Gasteiger partial charge on any atom is -0.493 e. The lowest BCUT2D eigenvalue weighted by Gasteiger charge is -2.19. The molecular formula is C20H23ClN2O4. The maximum Gasteiger partial charge on any atom is 0.412 e. The summed E-state index contributed by atoms with van der Waals surface area (Å²) in [5.74, 6) is 1.23. The van der Waals surface area contributed by atoms with Gasteiger partial charge in [-0.25, -0.2) is 4.79 Å². The molecule has 1 amide bonds. The molecule has 1 aliphatic carbocycles. The number of nitrogens with one attached hydrogen (secondary N) is 2. The maximum atomic E-state index is 12.3. The van der Waals surface area contributed by atoms with Crippen molar-refractivity contribution in [2.45, 2.75) is 39.2 Å². The van der Waals surface area contributed by atoms with Crippen molar-refractivity contribution in [2.75, 3.05) is 11.9 Å². The predicted molar refractivity (Wildman–Crippen MR) is 106 cm³/mol. The molecule has 6 nitrogen and oxygen atoms in total. The molecule has 1 aromatic carbocycles. The number of benzene rings is 1. The van der Waals surface area contributed by atoms with Crippen LogP contribution in [-0.4, -0.2) is 23.3 Å². The SMILES string of the molecule is CC(C)(C)OC(=O)Nc1c[nH]c(=O)c(-c2cc(Cl)cc(OCC3CC3)c2)c1. The smallest absolute Gasteiger partial charge is 0.412 e. The first-order chi connectivity index (χ1) is 12.7. The summed E-state index contributed by atoms with van der Waals surface area (Å²) in [6, 6.07) is 6.77. The van der Waals surface area contributed by atoms with Crippen molar-refractivity contribution < 1.29 is 14.3 Å². The highest BCUT2D eigenvalue weighted by Gasteiger charge is 2.22. The number of ether oxygens (including phenoxy) is 2. The summed E-state index contributed by atoms with van der Waals surface area (Å²) in [6.07, 6.45) is 3.20. The summed E-state index contributed by atoms with van der Waals surface area (Å²) in [5, 5.41) is 3.09. The van der Waals surface area contributed by atoms with E-state index in [0.717, 1.165) is 0 Å². The van der Waals surface area contributed by atoms with E-state index in [1.807, 2.05) is 0 Å². The molecule has 1 fully saturated rings. The van der Waals surface area contributed by atoms with Gasteiger partial charge < -0.3 is 14.5 Å². The minimum atomic E-state index is -0.615. The van der Waals surface area contributed by atoms with Gasteiger partial charge in [0.15, 0.2) is 0 Å². The minimum absolute atomic E-state index is 0.292. The zero-order chi connectivity index (χ0) is 19.6. The summed E-state index contributed by atoms with van der Waals surface area (Å²) < 4.78 is 11.0. The van der Waals surface area contributed by atoms with Gasteiger partial charge in [-0.3, -0.25) is 10.1 Å². The van der Waals surface area contributed by atoms with Crippen LogP contribution in [0.15, 0.2) is 35.3 Å². The number of anilines is 1. The third-order valence-electron chi connectivity index (χ3n) is 3.91. The Kier molecular flexibility index (Phi) is 5.46. The fourth-order valence-electron chi connectivity index (χ4n) is 2.49. The molecule has 0 unspecified atom stereocenters. The van der Waals surface area contributed by atoms with Crippen molar-refractivity contribution in [2.24, 2.45) is 5.92 Å². The Balaban J connectivity index is 1.83. The molecule has 0 radical (unpaired) electrons. The number of halogens is 1. The first-order valence-electron chi connectivity index (χ1n) is 8.86. The molecule has 0 spiro atoms. The van der Waals surface area contributed by atoms with Gasteiger partial charge >= 0.3 is 6.09 Å². The van der Waals surface area contributed by atoms with Gasteiger partial charge in [0.1, 0.15) is 11.4 Å². The van der Waals surface area contributed by atoms with E-state index in [1.165, 1.54) is 19.0 Å². The van der Waals surface area contributed by atoms with Gasteiger partial charge in [0, 0.05) is 16.8 Å². The molecule has 0 saturated heterocycles. The van der Waals surface area contributed by atoms with E-state index in [9.17, 15) is 9.59 Å². The average molecular weight is 391 g/mol. The van der Waals surface area contributed by atoms with Crippen LogP contribution in [0.5, 0.6) is 5.75 Å². The van der Waals surface area contributed by atoms with Gasteiger partial charge in [-0.15, -0.1) is 0 Å². The second kappa shape index (κ2) is 7.64. The van der Waals surface area contributed by atoms with Gasteiger partial charge in [-0.1, -0.05) is 11.6 Å². The number of pyridine rings is 1. The Hall–Kier alpha value is -2.47. The van der Waals surface area contributed by atoms with Crippen molar-refractivity contribution in [1.29, 1.82) is 0 Å². The topological polar surface area (TPSA) is 80.4 Å². The number of aromatic amines is 1. The second-order valence-corrected chi connectivity index (χ2v) is 8.12. The maximum absolute atomic E-state index is 12.3. The summed E-state index contributed by atoms with van der Waals surface area (Å²) in [4.78, 5) is 26.9. The highest BCUT2D eigenvalue weighted by Crippen LogP contribution is 2.32. The number of hydrogen-bond acceptors (Lipinski definition) is 4. The molecule has 1 aliphatic rings. The molecule has 144 valence electrons. The molecular weight excluding hydrogens is 368 g/mol. The van der Waals surface area contributed by atoms with Crippen LogP contribution in [0.2, 0.25) is 5.02 Å². The summed E-state index contributed by atoms with van der Waals surface area (Å²) in [5.41, 5.74) is 0.500. The third kappa shape index (κ3) is 5.76. The lowest BCUT2D eigenvalue weighted by molar-refractivity contribution is 0.0636. The van der Waals surface area contributed by atoms with Crippen LogP contribution in [-0.2, 0) is 4.74 Å². The van der Waals surface area contributed by atoms with Gasteiger partial charge in [-0.05, 0) is 69.4 Å². The molecule has 3 rings (SSSR count). The molecule has 2 aromatic rings. The number of rotatable bonds is 5. The molecule has 1 aromatic heterocycles. The van der Waals surface area contributed by atoms with Crippen LogP contribution in [0.1, 0.15) is 33.6 Å². The van der Waals surface area contributed by atoms with Crippen molar-refractivity contribution in [3.63, 3.8) is 0 Å². The fourth-order valence-corrected chi connectivity index (χ4v) is 2.72. The first-order valence-corrected chi connectivity index (χ1v) is 9.24. The second-order valence-electron chi connectivity index (χ2n) is 7.69. The molecule has 2 N–H and O–H groups in total. The monoisotopic (exact) mass is 390 g/mol. The van der Waals surface area contributed by atoms with E-state index in [-0.39, 0.29) is 5.56 Å². The van der Waals surface area contributed by atoms with Crippen molar-refractivity contribution in [3.05, 3.63) is 45.8 Å². The van der Waals surface area contributed by atoms with Crippen molar-refractivity contribution >= 4 is 23.4 Å². The Morgan fingerprint density at radius 3 is 2.67 bits per heavy atom. The lowest BCUT2D eigenvalue weighted by atomic mass is 10.1. The molecule has 7 heteroatoms. The molecule has 0 atom stereocenters. The Morgan fingerprint density at radius 1 is 1.26 bits per heavy atom. The number of H-pyrrole nitrogens is 1. The highest BCUT2D eigenvalue weighted by molar-refractivity contribution is 6.31. The van der Waals surface area contributed by atoms with Crippen LogP contribution in [0.25, 0.3) is 11.1 Å². The van der Waals surface area contributed by atoms with Crippen LogP contribution in [0.3, 0.4) is 0 Å². The lowest BCUT2D eigenvalue weighted by Crippen LogP contribution is -2.27. The zero-order valence-electron chi connectivity index (χ0n) is 15.6. The fraction of sp³-hybridized carbons (Fsp3) is 0.400. The summed E-state index contributed by atoms with van der Waals surface area (Å²) in [7, 11) is 0. The van der Waals surface area contributed by atoms with E-state index >= 15 is 0 Å². The quantitative estimate of drug-likeness (QED) is 0.766. The normalized spacial score (nSPS) is 13.9. The molecule has 0 bridgehead atoms. The predicted octanol–water partition coefficient (Wildman–Crippen LogP) is 4.83. The van der Waals surface area contributed by atoms with E-state index in [2.05, 4.69) is 10.3 Å². The standard InChI is InChI=1S/C20H23ClN2O4/c1-20(2,3)27-19(25)23-15-9-17(18(24)22-10-15)13-6-14(21)8-16(7-13)26-11-12-4-5-12/h6-10,12H,4-5,11H2,1-3H3,(H,22,24)(H,23,25). The average Bonchev–Trinajstić information content (AvgIpc) is 3.37. The molecule has 0 aliphatic heterocycles. The van der Waals surface area contributed by atoms with Gasteiger partial charge in [0.25, 0.3) is 5.56 Å². The first kappa shape index (κ1) is 19.3. The number of hydrogen-bond donors (Lipinski definition) is 2. The van der Waals surface area contributed by atoms with Crippen LogP contribution in [0, 0.1) is 5.92 Å². The zero-order valence-corrected chi connectivity index (χ0v) is 16.4. The van der Waals surface area contributed by atoms with E-state index in [4.69, 9.17) is 21.1 Å². The molecule has 1 heterocycles. The Bertz CT molecular complexity index is 898. The number of aromatic nitrogens is 1. The van der Waals surface area contributed by atoms with Crippen molar-refractivity contribution in [3.8, 4) is 16.9 Å². The largest absolute Gasteiger partial charge is 0.493 e. The van der Waals surface area contributed by atoms with Crippen LogP contribution >= 0.6 is 11.6 Å². The Labute approximate surface area is 162 Å². The van der Waals surface area contributed by atoms with Crippen molar-refractivity contribution in [1.82, 2.24) is 4.98 Å². The number of carbonyl (C=O) groups is 1. The van der Waals surface area contributed by atoms with Crippen LogP contribution < -0.4 is 15.6 Å². The number of carbonyl (C=O) groups excluding carboxylic acids is 1. The summed E-state index contributed by atoms with van der Waals surface area (Å²) >= 11 is 6.20. The van der Waals surface area contributed by atoms with E-state index in [1.54, 1.807) is 45.0 Å². The van der Waals surface area contributed by atoms with E-state index < -0.39 is 11.7 Å². The third-order valence-corrected chi connectivity index (χ3v) is 4.13. The van der Waals surface area contributed by atoms with Gasteiger partial charge in [0.05, 0.1) is 12.3 Å².